The number of anilines is 2. The number of aromatic amines is 1. The van der Waals surface area contributed by atoms with Gasteiger partial charge in [-0.05, 0) is 48.9 Å². The Hall–Kier alpha value is -4.13. The lowest BCUT2D eigenvalue weighted by atomic mass is 10.1. The van der Waals surface area contributed by atoms with Crippen LogP contribution in [0.2, 0.25) is 0 Å². The fourth-order valence-corrected chi connectivity index (χ4v) is 3.57. The Balaban J connectivity index is 1.36. The predicted molar refractivity (Wildman–Crippen MR) is 127 cm³/mol. The van der Waals surface area contributed by atoms with E-state index in [1.54, 1.807) is 24.3 Å². The van der Waals surface area contributed by atoms with Gasteiger partial charge in [-0.1, -0.05) is 42.5 Å². The van der Waals surface area contributed by atoms with E-state index in [2.05, 4.69) is 34.8 Å². The maximum Gasteiger partial charge on any atom is 0.273 e. The molecule has 0 aliphatic rings. The number of H-pyrrole nitrogens is 1. The summed E-state index contributed by atoms with van der Waals surface area (Å²) in [5.41, 5.74) is 2.11. The maximum absolute atomic E-state index is 12.5. The molecule has 1 unspecified atom stereocenters. The van der Waals surface area contributed by atoms with Crippen molar-refractivity contribution in [2.24, 2.45) is 0 Å². The Labute approximate surface area is 184 Å². The second kappa shape index (κ2) is 9.34. The molecule has 3 aromatic carbocycles. The molecule has 1 aromatic heterocycles. The van der Waals surface area contributed by atoms with Crippen molar-refractivity contribution in [3.05, 3.63) is 105 Å². The fourth-order valence-electron chi connectivity index (χ4n) is 3.57. The average molecular weight is 428 g/mol. The molecule has 7 nitrogen and oxygen atoms in total. The maximum atomic E-state index is 12.5. The van der Waals surface area contributed by atoms with Crippen molar-refractivity contribution >= 4 is 28.1 Å². The summed E-state index contributed by atoms with van der Waals surface area (Å²) in [6.45, 7) is 2.17. The predicted octanol–water partition coefficient (Wildman–Crippen LogP) is 3.89. The van der Waals surface area contributed by atoms with E-state index in [0.717, 1.165) is 5.69 Å². The molecule has 0 saturated carbocycles. The molecule has 0 bridgehead atoms. The number of rotatable bonds is 7. The van der Waals surface area contributed by atoms with Crippen molar-refractivity contribution in [1.29, 1.82) is 0 Å². The number of amides is 1. The highest BCUT2D eigenvalue weighted by molar-refractivity contribution is 5.90. The molecule has 0 spiro atoms. The summed E-state index contributed by atoms with van der Waals surface area (Å²) in [5.74, 6) is -0.246. The van der Waals surface area contributed by atoms with Crippen LogP contribution >= 0.6 is 0 Å². The molecule has 0 aliphatic carbocycles. The first kappa shape index (κ1) is 21.1. The minimum Gasteiger partial charge on any atom is -0.379 e. The van der Waals surface area contributed by atoms with Crippen molar-refractivity contribution in [3.63, 3.8) is 0 Å². The lowest BCUT2D eigenvalue weighted by molar-refractivity contribution is -0.116. The number of aryl methyl sites for hydroxylation is 1. The van der Waals surface area contributed by atoms with E-state index in [1.165, 1.54) is 10.2 Å². The zero-order valence-electron chi connectivity index (χ0n) is 17.7. The number of hydrogen-bond acceptors (Lipinski definition) is 4. The Morgan fingerprint density at radius 1 is 0.875 bits per heavy atom. The molecule has 4 rings (SSSR count). The summed E-state index contributed by atoms with van der Waals surface area (Å²) in [7, 11) is 0. The van der Waals surface area contributed by atoms with Crippen molar-refractivity contribution in [2.75, 3.05) is 10.6 Å². The van der Waals surface area contributed by atoms with Gasteiger partial charge in [0.15, 0.2) is 0 Å². The molecular weight excluding hydrogens is 404 g/mol. The molecular formula is C25H24N4O3. The van der Waals surface area contributed by atoms with Gasteiger partial charge in [0.05, 0.1) is 17.3 Å². The third kappa shape index (κ3) is 4.78. The van der Waals surface area contributed by atoms with Crippen molar-refractivity contribution < 1.29 is 4.79 Å². The van der Waals surface area contributed by atoms with Crippen LogP contribution in [0.3, 0.4) is 0 Å². The molecule has 1 heterocycles. The molecule has 32 heavy (non-hydrogen) atoms. The normalized spacial score (nSPS) is 11.8. The molecule has 0 aliphatic heterocycles. The van der Waals surface area contributed by atoms with E-state index >= 15 is 0 Å². The van der Waals surface area contributed by atoms with E-state index in [0.29, 0.717) is 16.5 Å². The Bertz CT molecular complexity index is 1340. The molecule has 0 radical (unpaired) electrons. The van der Waals surface area contributed by atoms with Crippen molar-refractivity contribution in [1.82, 2.24) is 9.78 Å². The molecule has 7 heteroatoms. The van der Waals surface area contributed by atoms with E-state index in [-0.39, 0.29) is 36.0 Å². The van der Waals surface area contributed by atoms with Crippen LogP contribution in [0.1, 0.15) is 24.9 Å². The SMILES string of the molecule is CC(Nc1ccc(NC(=O)CCn2[nH]c(=O)c3ccccc3c2=O)cc1)c1ccccc1. The highest BCUT2D eigenvalue weighted by atomic mass is 16.2. The third-order valence-electron chi connectivity index (χ3n) is 5.30. The minimum absolute atomic E-state index is 0.0548. The first-order chi connectivity index (χ1) is 15.5. The average Bonchev–Trinajstić information content (AvgIpc) is 2.82. The topological polar surface area (TPSA) is 96.0 Å². The summed E-state index contributed by atoms with van der Waals surface area (Å²) in [6.07, 6.45) is 0.0548. The largest absolute Gasteiger partial charge is 0.379 e. The van der Waals surface area contributed by atoms with Gasteiger partial charge in [-0.2, -0.15) is 0 Å². The second-order valence-corrected chi connectivity index (χ2v) is 7.60. The van der Waals surface area contributed by atoms with E-state index in [1.807, 2.05) is 42.5 Å². The van der Waals surface area contributed by atoms with Crippen LogP contribution in [0.4, 0.5) is 11.4 Å². The summed E-state index contributed by atoms with van der Waals surface area (Å²) >= 11 is 0. The number of hydrogen-bond donors (Lipinski definition) is 3. The quantitative estimate of drug-likeness (QED) is 0.416. The summed E-state index contributed by atoms with van der Waals surface area (Å²) < 4.78 is 1.18. The molecule has 4 aromatic rings. The van der Waals surface area contributed by atoms with Gasteiger partial charge in [0.2, 0.25) is 5.91 Å². The first-order valence-corrected chi connectivity index (χ1v) is 10.4. The third-order valence-corrected chi connectivity index (χ3v) is 5.30. The van der Waals surface area contributed by atoms with Crippen LogP contribution in [0.25, 0.3) is 10.8 Å². The summed E-state index contributed by atoms with van der Waals surface area (Å²) in [4.78, 5) is 37.1. The highest BCUT2D eigenvalue weighted by Crippen LogP contribution is 2.20. The van der Waals surface area contributed by atoms with E-state index in [4.69, 9.17) is 0 Å². The number of carbonyl (C=O) groups is 1. The Morgan fingerprint density at radius 3 is 2.22 bits per heavy atom. The smallest absolute Gasteiger partial charge is 0.273 e. The Kier molecular flexibility index (Phi) is 6.17. The van der Waals surface area contributed by atoms with Crippen LogP contribution in [0.5, 0.6) is 0 Å². The molecule has 3 N–H and O–H groups in total. The van der Waals surface area contributed by atoms with Crippen molar-refractivity contribution in [3.8, 4) is 0 Å². The van der Waals surface area contributed by atoms with Crippen LogP contribution < -0.4 is 21.8 Å². The van der Waals surface area contributed by atoms with Crippen molar-refractivity contribution in [2.45, 2.75) is 25.9 Å². The number of carbonyl (C=O) groups excluding carboxylic acids is 1. The van der Waals surface area contributed by atoms with Gasteiger partial charge in [-0.15, -0.1) is 0 Å². The van der Waals surface area contributed by atoms with Gasteiger partial charge in [-0.3, -0.25) is 19.5 Å². The van der Waals surface area contributed by atoms with Crippen LogP contribution in [0, 0.1) is 0 Å². The van der Waals surface area contributed by atoms with Gasteiger partial charge in [0.25, 0.3) is 11.1 Å². The fraction of sp³-hybridized carbons (Fsp3) is 0.160. The number of aromatic nitrogens is 2. The van der Waals surface area contributed by atoms with E-state index in [9.17, 15) is 14.4 Å². The zero-order valence-corrected chi connectivity index (χ0v) is 17.7. The van der Waals surface area contributed by atoms with E-state index < -0.39 is 0 Å². The molecule has 0 fully saturated rings. The van der Waals surface area contributed by atoms with Gasteiger partial charge in [-0.25, -0.2) is 4.68 Å². The number of nitrogens with zero attached hydrogens (tertiary/aromatic N) is 1. The lowest BCUT2D eigenvalue weighted by Crippen LogP contribution is -2.31. The van der Waals surface area contributed by atoms with Gasteiger partial charge in [0.1, 0.15) is 0 Å². The molecule has 1 amide bonds. The summed E-state index contributed by atoms with van der Waals surface area (Å²) in [5, 5.41) is 9.46. The first-order valence-electron chi connectivity index (χ1n) is 10.4. The number of fused-ring (bicyclic) bond motifs is 1. The van der Waals surface area contributed by atoms with Gasteiger partial charge in [0, 0.05) is 23.8 Å². The monoisotopic (exact) mass is 428 g/mol. The van der Waals surface area contributed by atoms with Crippen LogP contribution in [-0.2, 0) is 11.3 Å². The van der Waals surface area contributed by atoms with Gasteiger partial charge >= 0.3 is 0 Å². The van der Waals surface area contributed by atoms with Crippen LogP contribution in [-0.4, -0.2) is 15.7 Å². The summed E-state index contributed by atoms with van der Waals surface area (Å²) in [6, 6.07) is 24.4. The minimum atomic E-state index is -0.353. The molecule has 162 valence electrons. The van der Waals surface area contributed by atoms with Gasteiger partial charge < -0.3 is 10.6 Å². The molecule has 1 atom stereocenters. The molecule has 0 saturated heterocycles. The lowest BCUT2D eigenvalue weighted by Gasteiger charge is -2.16. The number of benzene rings is 3. The zero-order chi connectivity index (χ0) is 22.5. The second-order valence-electron chi connectivity index (χ2n) is 7.60. The number of nitrogens with one attached hydrogen (secondary N) is 3. The standard InChI is InChI=1S/C25H24N4O3/c1-17(18-7-3-2-4-8-18)26-19-11-13-20(14-12-19)27-23(30)15-16-29-25(32)22-10-6-5-9-21(22)24(31)28-29/h2-14,17,26H,15-16H2,1H3,(H,27,30)(H,28,31). The van der Waals surface area contributed by atoms with Crippen LogP contribution in [0.15, 0.2) is 88.5 Å². The highest BCUT2D eigenvalue weighted by Gasteiger charge is 2.09. The Morgan fingerprint density at radius 2 is 1.50 bits per heavy atom.